The van der Waals surface area contributed by atoms with E-state index in [1.165, 1.54) is 12.1 Å². The summed E-state index contributed by atoms with van der Waals surface area (Å²) in [6, 6.07) is 14.9. The molecule has 1 heterocycles. The highest BCUT2D eigenvalue weighted by atomic mass is 35.5. The molecule has 0 radical (unpaired) electrons. The van der Waals surface area contributed by atoms with Crippen LogP contribution in [0.5, 0.6) is 0 Å². The van der Waals surface area contributed by atoms with Crippen molar-refractivity contribution in [3.8, 4) is 0 Å². The average Bonchev–Trinajstić information content (AvgIpc) is 3.31. The molecular formula is C26H24ClN3O4S. The summed E-state index contributed by atoms with van der Waals surface area (Å²) in [5.41, 5.74) is 4.61. The second-order valence-electron chi connectivity index (χ2n) is 9.06. The van der Waals surface area contributed by atoms with E-state index in [0.29, 0.717) is 16.3 Å². The highest BCUT2D eigenvalue weighted by Gasteiger charge is 2.39. The van der Waals surface area contributed by atoms with Crippen molar-refractivity contribution in [1.82, 2.24) is 0 Å². The molecule has 0 amide bonds. The molecule has 0 bridgehead atoms. The minimum Gasteiger partial charge on any atom is -0.378 e. The standard InChI is InChI=1S/C26H24ClN3O4S/c1-15-5-3-6-16(2)25(15)29-35(33,34)18-10-12-24-21(14-18)19-7-4-8-20(19)26(28-24)22-13-17(30(31)32)9-11-23(22)27/h3-7,9-14,19-20,26,28-29H,8H2,1-2H3. The number of nitro groups is 1. The van der Waals surface area contributed by atoms with E-state index in [4.69, 9.17) is 11.6 Å². The summed E-state index contributed by atoms with van der Waals surface area (Å²) in [6.45, 7) is 3.74. The molecule has 7 nitrogen and oxygen atoms in total. The summed E-state index contributed by atoms with van der Waals surface area (Å²) in [4.78, 5) is 11.1. The summed E-state index contributed by atoms with van der Waals surface area (Å²) in [6.07, 6.45) is 4.90. The predicted molar refractivity (Wildman–Crippen MR) is 138 cm³/mol. The Morgan fingerprint density at radius 1 is 1.06 bits per heavy atom. The van der Waals surface area contributed by atoms with Gasteiger partial charge in [-0.3, -0.25) is 14.8 Å². The lowest BCUT2D eigenvalue weighted by Crippen LogP contribution is -2.29. The maximum Gasteiger partial charge on any atom is 0.269 e. The molecular weight excluding hydrogens is 486 g/mol. The van der Waals surface area contributed by atoms with Crippen LogP contribution in [0.2, 0.25) is 5.02 Å². The molecule has 180 valence electrons. The SMILES string of the molecule is Cc1cccc(C)c1NS(=O)(=O)c1ccc2c(c1)C1C=CCC1C(c1cc([N+](=O)[O-])ccc1Cl)N2. The van der Waals surface area contributed by atoms with Gasteiger partial charge < -0.3 is 5.32 Å². The molecule has 1 aliphatic carbocycles. The van der Waals surface area contributed by atoms with E-state index < -0.39 is 14.9 Å². The Balaban J connectivity index is 1.52. The van der Waals surface area contributed by atoms with Gasteiger partial charge in [0, 0.05) is 34.3 Å². The second-order valence-corrected chi connectivity index (χ2v) is 11.1. The molecule has 35 heavy (non-hydrogen) atoms. The molecule has 9 heteroatoms. The molecule has 0 spiro atoms. The Kier molecular flexibility index (Phi) is 5.81. The Labute approximate surface area is 209 Å². The number of anilines is 2. The fraction of sp³-hybridized carbons (Fsp3) is 0.231. The van der Waals surface area contributed by atoms with Crippen molar-refractivity contribution in [2.75, 3.05) is 10.0 Å². The molecule has 3 atom stereocenters. The molecule has 3 aromatic carbocycles. The van der Waals surface area contributed by atoms with Gasteiger partial charge in [0.1, 0.15) is 0 Å². The highest BCUT2D eigenvalue weighted by Crippen LogP contribution is 2.51. The van der Waals surface area contributed by atoms with Gasteiger partial charge in [0.25, 0.3) is 15.7 Å². The van der Waals surface area contributed by atoms with Gasteiger partial charge in [-0.2, -0.15) is 0 Å². The third-order valence-corrected chi connectivity index (χ3v) is 8.58. The van der Waals surface area contributed by atoms with E-state index in [2.05, 4.69) is 22.2 Å². The minimum atomic E-state index is -3.81. The Morgan fingerprint density at radius 3 is 2.51 bits per heavy atom. The lowest BCUT2D eigenvalue weighted by Gasteiger charge is -2.38. The first kappa shape index (κ1) is 23.4. The lowest BCUT2D eigenvalue weighted by molar-refractivity contribution is -0.384. The highest BCUT2D eigenvalue weighted by molar-refractivity contribution is 7.92. The summed E-state index contributed by atoms with van der Waals surface area (Å²) in [5, 5.41) is 15.3. The number of nitrogens with zero attached hydrogens (tertiary/aromatic N) is 1. The van der Waals surface area contributed by atoms with Gasteiger partial charge in [0.15, 0.2) is 0 Å². The van der Waals surface area contributed by atoms with Crippen LogP contribution in [0, 0.1) is 29.9 Å². The second kappa shape index (κ2) is 8.70. The van der Waals surface area contributed by atoms with Crippen LogP contribution in [0.15, 0.2) is 71.6 Å². The molecule has 0 fully saturated rings. The number of aryl methyl sites for hydroxylation is 2. The number of benzene rings is 3. The van der Waals surface area contributed by atoms with E-state index in [0.717, 1.165) is 28.8 Å². The van der Waals surface area contributed by atoms with Crippen molar-refractivity contribution in [1.29, 1.82) is 0 Å². The van der Waals surface area contributed by atoms with E-state index >= 15 is 0 Å². The monoisotopic (exact) mass is 509 g/mol. The Morgan fingerprint density at radius 2 is 1.80 bits per heavy atom. The maximum atomic E-state index is 13.3. The van der Waals surface area contributed by atoms with Crippen LogP contribution in [-0.2, 0) is 10.0 Å². The first-order chi connectivity index (χ1) is 16.7. The Hall–Kier alpha value is -3.36. The molecule has 3 unspecified atom stereocenters. The van der Waals surface area contributed by atoms with Gasteiger partial charge in [-0.25, -0.2) is 8.42 Å². The van der Waals surface area contributed by atoms with Gasteiger partial charge in [0.05, 0.1) is 21.5 Å². The molecule has 3 aromatic rings. The number of non-ortho nitro benzene ring substituents is 1. The predicted octanol–water partition coefficient (Wildman–Crippen LogP) is 6.49. The summed E-state index contributed by atoms with van der Waals surface area (Å²) < 4.78 is 29.3. The number of halogens is 1. The van der Waals surface area contributed by atoms with Crippen LogP contribution in [0.25, 0.3) is 0 Å². The summed E-state index contributed by atoms with van der Waals surface area (Å²) in [5.74, 6) is 0.00783. The zero-order valence-electron chi connectivity index (χ0n) is 19.2. The summed E-state index contributed by atoms with van der Waals surface area (Å²) >= 11 is 6.47. The average molecular weight is 510 g/mol. The van der Waals surface area contributed by atoms with Crippen molar-refractivity contribution >= 4 is 38.7 Å². The topological polar surface area (TPSA) is 101 Å². The van der Waals surface area contributed by atoms with Crippen molar-refractivity contribution in [2.45, 2.75) is 37.1 Å². The number of para-hydroxylation sites is 1. The number of hydrogen-bond donors (Lipinski definition) is 2. The van der Waals surface area contributed by atoms with Crippen LogP contribution >= 0.6 is 11.6 Å². The fourth-order valence-electron chi connectivity index (χ4n) is 5.10. The molecule has 0 aromatic heterocycles. The van der Waals surface area contributed by atoms with Crippen molar-refractivity contribution in [2.24, 2.45) is 5.92 Å². The van der Waals surface area contributed by atoms with Crippen molar-refractivity contribution < 1.29 is 13.3 Å². The number of allylic oxidation sites excluding steroid dienone is 2. The zero-order valence-corrected chi connectivity index (χ0v) is 20.7. The molecule has 2 aliphatic rings. The van der Waals surface area contributed by atoms with Gasteiger partial charge in [-0.05, 0) is 67.1 Å². The van der Waals surface area contributed by atoms with Crippen LogP contribution in [0.1, 0.15) is 40.6 Å². The number of nitrogens with one attached hydrogen (secondary N) is 2. The Bertz CT molecular complexity index is 1470. The van der Waals surface area contributed by atoms with Gasteiger partial charge in [-0.15, -0.1) is 0 Å². The number of rotatable bonds is 5. The van der Waals surface area contributed by atoms with Crippen LogP contribution in [-0.4, -0.2) is 13.3 Å². The van der Waals surface area contributed by atoms with Crippen LogP contribution < -0.4 is 10.0 Å². The van der Waals surface area contributed by atoms with Crippen molar-refractivity contribution in [3.05, 3.63) is 104 Å². The maximum absolute atomic E-state index is 13.3. The van der Waals surface area contributed by atoms with Crippen molar-refractivity contribution in [3.63, 3.8) is 0 Å². The molecule has 0 saturated heterocycles. The smallest absolute Gasteiger partial charge is 0.269 e. The van der Waals surface area contributed by atoms with Gasteiger partial charge in [-0.1, -0.05) is 42.0 Å². The quantitative estimate of drug-likeness (QED) is 0.232. The van der Waals surface area contributed by atoms with E-state index in [-0.39, 0.29) is 28.5 Å². The number of hydrogen-bond acceptors (Lipinski definition) is 5. The largest absolute Gasteiger partial charge is 0.378 e. The molecule has 2 N–H and O–H groups in total. The normalized spacial score (nSPS) is 20.6. The molecule has 1 aliphatic heterocycles. The number of nitro benzene ring substituents is 1. The minimum absolute atomic E-state index is 0.0153. The lowest BCUT2D eigenvalue weighted by atomic mass is 9.77. The summed E-state index contributed by atoms with van der Waals surface area (Å²) in [7, 11) is -3.81. The van der Waals surface area contributed by atoms with Gasteiger partial charge >= 0.3 is 0 Å². The first-order valence-corrected chi connectivity index (χ1v) is 13.1. The van der Waals surface area contributed by atoms with E-state index in [1.807, 2.05) is 32.0 Å². The van der Waals surface area contributed by atoms with E-state index in [9.17, 15) is 18.5 Å². The number of fused-ring (bicyclic) bond motifs is 3. The third-order valence-electron chi connectivity index (χ3n) is 6.89. The van der Waals surface area contributed by atoms with Crippen LogP contribution in [0.3, 0.4) is 0 Å². The van der Waals surface area contributed by atoms with E-state index in [1.54, 1.807) is 24.3 Å². The molecule has 5 rings (SSSR count). The first-order valence-electron chi connectivity index (χ1n) is 11.3. The van der Waals surface area contributed by atoms with Crippen LogP contribution in [0.4, 0.5) is 17.1 Å². The zero-order chi connectivity index (χ0) is 24.9. The van der Waals surface area contributed by atoms with Gasteiger partial charge in [0.2, 0.25) is 0 Å². The molecule has 0 saturated carbocycles. The third kappa shape index (κ3) is 4.17. The fourth-order valence-corrected chi connectivity index (χ4v) is 6.57. The number of sulfonamides is 1.